The van der Waals surface area contributed by atoms with Crippen LogP contribution in [0.2, 0.25) is 13.1 Å². The first-order valence-electron chi connectivity index (χ1n) is 6.40. The summed E-state index contributed by atoms with van der Waals surface area (Å²) in [5, 5.41) is 0. The van der Waals surface area contributed by atoms with E-state index in [1.807, 2.05) is 0 Å². The Hall–Kier alpha value is 1.64. The molecule has 0 bridgehead atoms. The van der Waals surface area contributed by atoms with Gasteiger partial charge in [-0.05, 0) is 36.6 Å². The molecule has 0 saturated heterocycles. The van der Waals surface area contributed by atoms with Crippen molar-refractivity contribution in [2.75, 3.05) is 0 Å². The second-order valence-electron chi connectivity index (χ2n) is 6.86. The molecule has 0 aliphatic heterocycles. The summed E-state index contributed by atoms with van der Waals surface area (Å²) < 4.78 is 0. The second kappa shape index (κ2) is 8.32. The number of hydrogen-bond acceptors (Lipinski definition) is 0. The van der Waals surface area contributed by atoms with Crippen molar-refractivity contribution in [1.29, 1.82) is 0 Å². The first kappa shape index (κ1) is 20.6. The fourth-order valence-corrected chi connectivity index (χ4v) is 4.82. The molecule has 5 heteroatoms. The van der Waals surface area contributed by atoms with Crippen LogP contribution >= 0.6 is 17.0 Å². The molecule has 1 nitrogen and oxygen atoms in total. The van der Waals surface area contributed by atoms with Gasteiger partial charge in [0.15, 0.2) is 0 Å². The zero-order valence-corrected chi connectivity index (χ0v) is 18.0. The van der Waals surface area contributed by atoms with Crippen LogP contribution in [0.4, 0.5) is 0 Å². The number of rotatable bonds is 2. The van der Waals surface area contributed by atoms with E-state index in [2.05, 4.69) is 73.4 Å². The summed E-state index contributed by atoms with van der Waals surface area (Å²) in [5.41, 5.74) is 1.70. The van der Waals surface area contributed by atoms with Crippen molar-refractivity contribution in [1.82, 2.24) is 0 Å². The van der Waals surface area contributed by atoms with Gasteiger partial charge in [0.25, 0.3) is 0 Å². The van der Waals surface area contributed by atoms with Crippen LogP contribution in [0.1, 0.15) is 34.6 Å². The molecular formula is C14H25Cl2NSiZr+. The third kappa shape index (κ3) is 9.30. The molecule has 107 valence electrons. The SMILES string of the molecule is CC1(C)[CH][CH][C]([Si](C)(C)[N-]C(C)(C)C)[CH][CH]1.[Cl][Zr+2][Cl]. The van der Waals surface area contributed by atoms with Crippen LogP contribution in [0.5, 0.6) is 0 Å². The zero-order chi connectivity index (χ0) is 15.3. The molecular weight excluding hydrogens is 372 g/mol. The Balaban J connectivity index is 0.000000982. The van der Waals surface area contributed by atoms with Gasteiger partial charge in [-0.1, -0.05) is 55.9 Å². The van der Waals surface area contributed by atoms with Crippen molar-refractivity contribution in [2.24, 2.45) is 5.41 Å². The minimum atomic E-state index is -1.63. The first-order chi connectivity index (χ1) is 8.43. The van der Waals surface area contributed by atoms with Crippen LogP contribution < -0.4 is 0 Å². The molecule has 1 fully saturated rings. The normalized spacial score (nSPS) is 20.3. The Morgan fingerprint density at radius 2 is 1.47 bits per heavy atom. The number of hydrogen-bond donors (Lipinski definition) is 0. The maximum atomic E-state index is 5.01. The summed E-state index contributed by atoms with van der Waals surface area (Å²) in [7, 11) is 8.24. The zero-order valence-electron chi connectivity index (χ0n) is 13.0. The predicted octanol–water partition coefficient (Wildman–Crippen LogP) is 5.71. The molecule has 0 heterocycles. The van der Waals surface area contributed by atoms with Gasteiger partial charge in [-0.15, -0.1) is 5.54 Å². The second-order valence-corrected chi connectivity index (χ2v) is 14.5. The molecule has 0 aromatic rings. The fraction of sp³-hybridized carbons (Fsp3) is 0.643. The number of nitrogens with zero attached hydrogens (tertiary/aromatic N) is 1. The average molecular weight is 398 g/mol. The van der Waals surface area contributed by atoms with Crippen LogP contribution in [0.15, 0.2) is 0 Å². The third-order valence-corrected chi connectivity index (χ3v) is 5.68. The van der Waals surface area contributed by atoms with Crippen LogP contribution in [-0.4, -0.2) is 13.8 Å². The molecule has 0 aromatic heterocycles. The van der Waals surface area contributed by atoms with Gasteiger partial charge in [0.2, 0.25) is 0 Å². The number of halogens is 2. The molecule has 1 saturated carbocycles. The van der Waals surface area contributed by atoms with Gasteiger partial charge in [-0.25, -0.2) is 0 Å². The monoisotopic (exact) mass is 395 g/mol. The van der Waals surface area contributed by atoms with Crippen LogP contribution in [-0.2, 0) is 20.8 Å². The van der Waals surface area contributed by atoms with E-state index < -0.39 is 29.1 Å². The maximum absolute atomic E-state index is 5.01. The van der Waals surface area contributed by atoms with Crippen LogP contribution in [0.25, 0.3) is 4.98 Å². The van der Waals surface area contributed by atoms with Gasteiger partial charge in [0.1, 0.15) is 0 Å². The van der Waals surface area contributed by atoms with Gasteiger partial charge in [-0.2, -0.15) is 0 Å². The van der Waals surface area contributed by atoms with Crippen molar-refractivity contribution in [3.05, 3.63) is 36.2 Å². The van der Waals surface area contributed by atoms with E-state index in [-0.39, 0.29) is 11.0 Å². The van der Waals surface area contributed by atoms with E-state index in [0.29, 0.717) is 0 Å². The third-order valence-electron chi connectivity index (χ3n) is 2.71. The Morgan fingerprint density at radius 1 is 1.11 bits per heavy atom. The van der Waals surface area contributed by atoms with Gasteiger partial charge in [0, 0.05) is 0 Å². The molecule has 1 aliphatic rings. The summed E-state index contributed by atoms with van der Waals surface area (Å²) in [6.45, 7) is 15.6. The summed E-state index contributed by atoms with van der Waals surface area (Å²) in [6, 6.07) is 0. The standard InChI is InChI=1S/C14H25NSi.2ClH.Zr/c1-13(2,3)15-16(6,7)12-8-10-14(4,5)11-9-12;;;/h8-11H,1-7H3;2*1H;/q-1;;;+4/p-2. The van der Waals surface area contributed by atoms with Gasteiger partial charge in [0.05, 0.1) is 0 Å². The Morgan fingerprint density at radius 3 is 1.79 bits per heavy atom. The van der Waals surface area contributed by atoms with E-state index in [1.165, 1.54) is 5.54 Å². The molecule has 0 aromatic carbocycles. The summed E-state index contributed by atoms with van der Waals surface area (Å²) in [6.07, 6.45) is 9.13. The van der Waals surface area contributed by atoms with Gasteiger partial charge >= 0.3 is 37.9 Å². The van der Waals surface area contributed by atoms with E-state index in [1.54, 1.807) is 0 Å². The Bertz CT molecular complexity index is 255. The molecule has 0 N–H and O–H groups in total. The van der Waals surface area contributed by atoms with Crippen molar-refractivity contribution < 1.29 is 20.8 Å². The van der Waals surface area contributed by atoms with Crippen molar-refractivity contribution in [3.8, 4) is 0 Å². The molecule has 19 heavy (non-hydrogen) atoms. The summed E-state index contributed by atoms with van der Waals surface area (Å²) in [4.78, 5) is 5.01. The molecule has 0 atom stereocenters. The molecule has 0 amide bonds. The minimum absolute atomic E-state index is 0.0668. The van der Waals surface area contributed by atoms with Gasteiger partial charge < -0.3 is 4.98 Å². The molecule has 0 spiro atoms. The predicted molar refractivity (Wildman–Crippen MR) is 86.5 cm³/mol. The Kier molecular flexibility index (Phi) is 9.04. The average Bonchev–Trinajstić information content (AvgIpc) is 2.13. The quantitative estimate of drug-likeness (QED) is 0.530. The first-order valence-corrected chi connectivity index (χ1v) is 15.7. The molecule has 5 radical (unpaired) electrons. The fourth-order valence-electron chi connectivity index (χ4n) is 2.03. The van der Waals surface area contributed by atoms with E-state index in [4.69, 9.17) is 22.0 Å². The van der Waals surface area contributed by atoms with Crippen molar-refractivity contribution in [3.63, 3.8) is 0 Å². The van der Waals surface area contributed by atoms with E-state index in [0.717, 1.165) is 0 Å². The molecule has 1 aliphatic carbocycles. The van der Waals surface area contributed by atoms with Crippen LogP contribution in [0, 0.1) is 36.6 Å². The molecule has 0 unspecified atom stereocenters. The van der Waals surface area contributed by atoms with E-state index in [9.17, 15) is 0 Å². The van der Waals surface area contributed by atoms with Crippen molar-refractivity contribution in [2.45, 2.75) is 53.3 Å². The van der Waals surface area contributed by atoms with Crippen LogP contribution in [0.3, 0.4) is 0 Å². The molecule has 1 rings (SSSR count). The summed E-state index contributed by atoms with van der Waals surface area (Å²) in [5.74, 6) is 0. The van der Waals surface area contributed by atoms with Gasteiger partial charge in [-0.3, -0.25) is 0 Å². The van der Waals surface area contributed by atoms with Crippen molar-refractivity contribution >= 4 is 25.3 Å². The Labute approximate surface area is 140 Å². The van der Waals surface area contributed by atoms with E-state index >= 15 is 0 Å². The summed E-state index contributed by atoms with van der Waals surface area (Å²) >= 11 is -0.826. The topological polar surface area (TPSA) is 14.1 Å².